The van der Waals surface area contributed by atoms with Gasteiger partial charge in [-0.15, -0.1) is 0 Å². The van der Waals surface area contributed by atoms with Crippen molar-refractivity contribution in [2.75, 3.05) is 24.3 Å². The Balaban J connectivity index is 1.97. The molecule has 126 valence electrons. The van der Waals surface area contributed by atoms with Crippen molar-refractivity contribution in [2.45, 2.75) is 19.8 Å². The number of rotatable bonds is 8. The highest BCUT2D eigenvalue weighted by atomic mass is 16.5. The molecule has 0 heterocycles. The zero-order valence-corrected chi connectivity index (χ0v) is 14.2. The van der Waals surface area contributed by atoms with Crippen LogP contribution in [0.2, 0.25) is 0 Å². The molecule has 0 aromatic heterocycles. The van der Waals surface area contributed by atoms with Crippen LogP contribution in [-0.2, 0) is 4.79 Å². The number of carbonyl (C=O) groups is 1. The van der Waals surface area contributed by atoms with Gasteiger partial charge in [0.15, 0.2) is 0 Å². The van der Waals surface area contributed by atoms with Crippen LogP contribution in [0.25, 0.3) is 6.08 Å². The zero-order valence-electron chi connectivity index (χ0n) is 14.2. The Kier molecular flexibility index (Phi) is 6.90. The predicted molar refractivity (Wildman–Crippen MR) is 100 cm³/mol. The second kappa shape index (κ2) is 9.40. The average Bonchev–Trinajstić information content (AvgIpc) is 2.62. The van der Waals surface area contributed by atoms with Crippen LogP contribution in [0.5, 0.6) is 5.75 Å². The van der Waals surface area contributed by atoms with E-state index in [-0.39, 0.29) is 5.91 Å². The van der Waals surface area contributed by atoms with Gasteiger partial charge in [-0.05, 0) is 42.3 Å². The van der Waals surface area contributed by atoms with Gasteiger partial charge in [0.2, 0.25) is 5.91 Å². The maximum Gasteiger partial charge on any atom is 0.248 e. The van der Waals surface area contributed by atoms with Crippen molar-refractivity contribution >= 4 is 23.4 Å². The van der Waals surface area contributed by atoms with E-state index in [0.29, 0.717) is 18.0 Å². The SMILES string of the molecule is CCCCOc1ccccc1NC(=O)/C=C/c1ccc(NC)cc1. The molecule has 0 fully saturated rings. The molecule has 2 aromatic carbocycles. The Labute approximate surface area is 143 Å². The third kappa shape index (κ3) is 5.47. The van der Waals surface area contributed by atoms with Gasteiger partial charge in [-0.2, -0.15) is 0 Å². The number of ether oxygens (including phenoxy) is 1. The van der Waals surface area contributed by atoms with Crippen molar-refractivity contribution in [1.82, 2.24) is 0 Å². The molecule has 0 unspecified atom stereocenters. The molecule has 0 saturated heterocycles. The number of nitrogens with one attached hydrogen (secondary N) is 2. The fourth-order valence-corrected chi connectivity index (χ4v) is 2.13. The van der Waals surface area contributed by atoms with Crippen molar-refractivity contribution in [2.24, 2.45) is 0 Å². The lowest BCUT2D eigenvalue weighted by Gasteiger charge is -2.11. The Morgan fingerprint density at radius 1 is 1.12 bits per heavy atom. The summed E-state index contributed by atoms with van der Waals surface area (Å²) in [5, 5.41) is 5.93. The molecule has 4 nitrogen and oxygen atoms in total. The molecule has 0 aliphatic carbocycles. The molecular formula is C20H24N2O2. The lowest BCUT2D eigenvalue weighted by Crippen LogP contribution is -2.09. The van der Waals surface area contributed by atoms with Crippen molar-refractivity contribution in [3.8, 4) is 5.75 Å². The number of anilines is 2. The van der Waals surface area contributed by atoms with Crippen molar-refractivity contribution in [1.29, 1.82) is 0 Å². The predicted octanol–water partition coefficient (Wildman–Crippen LogP) is 4.56. The minimum Gasteiger partial charge on any atom is -0.491 e. The molecule has 0 radical (unpaired) electrons. The van der Waals surface area contributed by atoms with Gasteiger partial charge in [0.05, 0.1) is 12.3 Å². The maximum atomic E-state index is 12.1. The summed E-state index contributed by atoms with van der Waals surface area (Å²) in [5.74, 6) is 0.519. The summed E-state index contributed by atoms with van der Waals surface area (Å²) in [7, 11) is 1.87. The number of hydrogen-bond donors (Lipinski definition) is 2. The first-order chi connectivity index (χ1) is 11.7. The minimum atomic E-state index is -0.181. The van der Waals surface area contributed by atoms with Crippen molar-refractivity contribution < 1.29 is 9.53 Å². The summed E-state index contributed by atoms with van der Waals surface area (Å²) in [6, 6.07) is 15.3. The van der Waals surface area contributed by atoms with Crippen molar-refractivity contribution in [3.05, 3.63) is 60.2 Å². The van der Waals surface area contributed by atoms with Crippen LogP contribution >= 0.6 is 0 Å². The second-order valence-corrected chi connectivity index (χ2v) is 5.39. The van der Waals surface area contributed by atoms with Gasteiger partial charge in [-0.25, -0.2) is 0 Å². The third-order valence-corrected chi connectivity index (χ3v) is 3.53. The number of hydrogen-bond acceptors (Lipinski definition) is 3. The van der Waals surface area contributed by atoms with E-state index in [4.69, 9.17) is 4.74 Å². The molecule has 2 aromatic rings. The molecule has 4 heteroatoms. The first-order valence-electron chi connectivity index (χ1n) is 8.21. The fourth-order valence-electron chi connectivity index (χ4n) is 2.13. The lowest BCUT2D eigenvalue weighted by molar-refractivity contribution is -0.111. The molecule has 0 aliphatic rings. The highest BCUT2D eigenvalue weighted by Gasteiger charge is 2.05. The monoisotopic (exact) mass is 324 g/mol. The first-order valence-corrected chi connectivity index (χ1v) is 8.21. The van der Waals surface area contributed by atoms with Gasteiger partial charge in [0, 0.05) is 18.8 Å². The topological polar surface area (TPSA) is 50.4 Å². The summed E-state index contributed by atoms with van der Waals surface area (Å²) in [6.07, 6.45) is 5.38. The highest BCUT2D eigenvalue weighted by molar-refractivity contribution is 6.02. The van der Waals surface area contributed by atoms with Gasteiger partial charge in [-0.1, -0.05) is 37.6 Å². The smallest absolute Gasteiger partial charge is 0.248 e. The van der Waals surface area contributed by atoms with Crippen LogP contribution < -0.4 is 15.4 Å². The molecule has 0 aliphatic heterocycles. The molecular weight excluding hydrogens is 300 g/mol. The van der Waals surface area contributed by atoms with Crippen LogP contribution in [0, 0.1) is 0 Å². The number of amides is 1. The van der Waals surface area contributed by atoms with Crippen LogP contribution in [0.15, 0.2) is 54.6 Å². The zero-order chi connectivity index (χ0) is 17.2. The Morgan fingerprint density at radius 2 is 1.88 bits per heavy atom. The quantitative estimate of drug-likeness (QED) is 0.553. The summed E-state index contributed by atoms with van der Waals surface area (Å²) >= 11 is 0. The largest absolute Gasteiger partial charge is 0.491 e. The van der Waals surface area contributed by atoms with Crippen LogP contribution in [0.1, 0.15) is 25.3 Å². The number of benzene rings is 2. The summed E-state index contributed by atoms with van der Waals surface area (Å²) in [6.45, 7) is 2.77. The average molecular weight is 324 g/mol. The normalized spacial score (nSPS) is 10.6. The van der Waals surface area contributed by atoms with Gasteiger partial charge >= 0.3 is 0 Å². The molecule has 0 spiro atoms. The number of para-hydroxylation sites is 2. The molecule has 0 atom stereocenters. The van der Waals surface area contributed by atoms with Gasteiger partial charge < -0.3 is 15.4 Å². The van der Waals surface area contributed by atoms with E-state index in [1.807, 2.05) is 55.6 Å². The second-order valence-electron chi connectivity index (χ2n) is 5.39. The molecule has 2 N–H and O–H groups in total. The van der Waals surface area contributed by atoms with Gasteiger partial charge in [0.1, 0.15) is 5.75 Å². The van der Waals surface area contributed by atoms with E-state index >= 15 is 0 Å². The Bertz CT molecular complexity index is 678. The van der Waals surface area contributed by atoms with Crippen molar-refractivity contribution in [3.63, 3.8) is 0 Å². The van der Waals surface area contributed by atoms with Crippen LogP contribution in [-0.4, -0.2) is 19.6 Å². The number of carbonyl (C=O) groups excluding carboxylic acids is 1. The molecule has 2 rings (SSSR count). The Morgan fingerprint density at radius 3 is 2.58 bits per heavy atom. The Hall–Kier alpha value is -2.75. The summed E-state index contributed by atoms with van der Waals surface area (Å²) in [4.78, 5) is 12.1. The summed E-state index contributed by atoms with van der Waals surface area (Å²) in [5.41, 5.74) is 2.69. The van der Waals surface area contributed by atoms with E-state index in [1.54, 1.807) is 6.08 Å². The summed E-state index contributed by atoms with van der Waals surface area (Å²) < 4.78 is 5.72. The molecule has 1 amide bonds. The first kappa shape index (κ1) is 17.6. The van der Waals surface area contributed by atoms with E-state index in [9.17, 15) is 4.79 Å². The highest BCUT2D eigenvalue weighted by Crippen LogP contribution is 2.24. The molecule has 0 saturated carbocycles. The molecule has 0 bridgehead atoms. The van der Waals surface area contributed by atoms with E-state index in [1.165, 1.54) is 6.08 Å². The van der Waals surface area contributed by atoms with Gasteiger partial charge in [0.25, 0.3) is 0 Å². The lowest BCUT2D eigenvalue weighted by atomic mass is 10.2. The van der Waals surface area contributed by atoms with Crippen LogP contribution in [0.4, 0.5) is 11.4 Å². The van der Waals surface area contributed by atoms with E-state index < -0.39 is 0 Å². The van der Waals surface area contributed by atoms with E-state index in [0.717, 1.165) is 24.1 Å². The minimum absolute atomic E-state index is 0.181. The van der Waals surface area contributed by atoms with Gasteiger partial charge in [-0.3, -0.25) is 4.79 Å². The maximum absolute atomic E-state index is 12.1. The number of unbranched alkanes of at least 4 members (excludes halogenated alkanes) is 1. The standard InChI is InChI=1S/C20H24N2O2/c1-3-4-15-24-19-8-6-5-7-18(19)22-20(23)14-11-16-9-12-17(21-2)13-10-16/h5-14,21H,3-4,15H2,1-2H3,(H,22,23)/b14-11+. The van der Waals surface area contributed by atoms with E-state index in [2.05, 4.69) is 17.6 Å². The fraction of sp³-hybridized carbons (Fsp3) is 0.250. The third-order valence-electron chi connectivity index (χ3n) is 3.53. The molecule has 24 heavy (non-hydrogen) atoms. The van der Waals surface area contributed by atoms with Crippen LogP contribution in [0.3, 0.4) is 0 Å².